The summed E-state index contributed by atoms with van der Waals surface area (Å²) in [6.45, 7) is 4.15. The van der Waals surface area contributed by atoms with Crippen LogP contribution in [0.2, 0.25) is 0 Å². The van der Waals surface area contributed by atoms with E-state index in [-0.39, 0.29) is 24.0 Å². The van der Waals surface area contributed by atoms with Crippen molar-refractivity contribution in [2.24, 2.45) is 5.92 Å². The van der Waals surface area contributed by atoms with Crippen molar-refractivity contribution in [2.75, 3.05) is 0 Å². The Morgan fingerprint density at radius 2 is 1.74 bits per heavy atom. The van der Waals surface area contributed by atoms with Gasteiger partial charge in [-0.05, 0) is 49.5 Å². The zero-order valence-corrected chi connectivity index (χ0v) is 22.2. The van der Waals surface area contributed by atoms with Crippen molar-refractivity contribution in [3.8, 4) is 0 Å². The predicted molar refractivity (Wildman–Crippen MR) is 150 cm³/mol. The number of aromatic amines is 1. The molecule has 7 nitrogen and oxygen atoms in total. The molecule has 2 aliphatic rings. The smallest absolute Gasteiger partial charge is 0.408 e. The lowest BCUT2D eigenvalue weighted by Crippen LogP contribution is -2.58. The van der Waals surface area contributed by atoms with Gasteiger partial charge in [0.2, 0.25) is 11.5 Å². The Morgan fingerprint density at radius 3 is 2.44 bits per heavy atom. The van der Waals surface area contributed by atoms with E-state index >= 15 is 0 Å². The minimum Gasteiger partial charge on any atom is -0.445 e. The number of amides is 2. The maximum Gasteiger partial charge on any atom is 0.408 e. The van der Waals surface area contributed by atoms with Crippen molar-refractivity contribution in [1.82, 2.24) is 15.6 Å². The highest BCUT2D eigenvalue weighted by molar-refractivity contribution is 5.87. The SMILES string of the molecule is CC=C1C2C=C(C)CC1(NC(=O)C(Cc1ccccc1)NC(=O)OCc1ccccc1)c1ccc(=O)[nH]c1C2. The number of ether oxygens (including phenoxy) is 1. The zero-order valence-electron chi connectivity index (χ0n) is 22.2. The van der Waals surface area contributed by atoms with E-state index in [4.69, 9.17) is 4.74 Å². The molecule has 1 heterocycles. The standard InChI is InChI=1S/C32H33N3O4/c1-3-25-24-16-21(2)19-32(25,26-14-15-29(36)33-27(26)18-24)35-30(37)28(17-22-10-6-4-7-11-22)34-31(38)39-20-23-12-8-5-9-13-23/h3-16,24,28H,17-20H2,1-2H3,(H,33,36)(H,34,38)(H,35,37). The lowest BCUT2D eigenvalue weighted by Gasteiger charge is -2.48. The number of allylic oxidation sites excluding steroid dienone is 2. The first kappa shape index (κ1) is 26.2. The van der Waals surface area contributed by atoms with E-state index in [0.717, 1.165) is 33.5 Å². The van der Waals surface area contributed by atoms with Crippen LogP contribution in [0.15, 0.2) is 101 Å². The van der Waals surface area contributed by atoms with Gasteiger partial charge in [-0.2, -0.15) is 0 Å². The Hall–Kier alpha value is -4.39. The lowest BCUT2D eigenvalue weighted by atomic mass is 9.63. The maximum absolute atomic E-state index is 14.1. The van der Waals surface area contributed by atoms with Crippen LogP contribution in [0.25, 0.3) is 0 Å². The van der Waals surface area contributed by atoms with Gasteiger partial charge in [0.15, 0.2) is 0 Å². The first-order valence-electron chi connectivity index (χ1n) is 13.3. The molecule has 0 saturated carbocycles. The fraction of sp³-hybridized carbons (Fsp3) is 0.281. The molecule has 3 atom stereocenters. The van der Waals surface area contributed by atoms with Gasteiger partial charge in [-0.3, -0.25) is 9.59 Å². The summed E-state index contributed by atoms with van der Waals surface area (Å²) in [6, 6.07) is 21.4. The van der Waals surface area contributed by atoms with E-state index in [2.05, 4.69) is 34.7 Å². The summed E-state index contributed by atoms with van der Waals surface area (Å²) in [4.78, 5) is 42.1. The van der Waals surface area contributed by atoms with Gasteiger partial charge in [-0.15, -0.1) is 0 Å². The molecule has 2 aliphatic carbocycles. The molecule has 3 unspecified atom stereocenters. The molecule has 0 radical (unpaired) electrons. The van der Waals surface area contributed by atoms with Crippen molar-refractivity contribution in [3.05, 3.63) is 129 Å². The van der Waals surface area contributed by atoms with Gasteiger partial charge in [0, 0.05) is 29.7 Å². The number of pyridine rings is 1. The van der Waals surface area contributed by atoms with Crippen molar-refractivity contribution < 1.29 is 14.3 Å². The number of carbonyl (C=O) groups is 2. The van der Waals surface area contributed by atoms with Gasteiger partial charge in [0.25, 0.3) is 0 Å². The van der Waals surface area contributed by atoms with Crippen LogP contribution < -0.4 is 16.2 Å². The molecular weight excluding hydrogens is 490 g/mol. The van der Waals surface area contributed by atoms with Gasteiger partial charge >= 0.3 is 6.09 Å². The highest BCUT2D eigenvalue weighted by Gasteiger charge is 2.48. The number of hydrogen-bond acceptors (Lipinski definition) is 4. The largest absolute Gasteiger partial charge is 0.445 e. The second kappa shape index (κ2) is 11.2. The molecule has 5 rings (SSSR count). The molecule has 2 aromatic carbocycles. The van der Waals surface area contributed by atoms with Crippen LogP contribution in [-0.2, 0) is 34.5 Å². The lowest BCUT2D eigenvalue weighted by molar-refractivity contribution is -0.125. The molecule has 1 aromatic heterocycles. The van der Waals surface area contributed by atoms with Gasteiger partial charge in [0.05, 0.1) is 5.54 Å². The normalized spacial score (nSPS) is 21.3. The fourth-order valence-corrected chi connectivity index (χ4v) is 5.95. The highest BCUT2D eigenvalue weighted by atomic mass is 16.5. The number of hydrogen-bond donors (Lipinski definition) is 3. The molecule has 39 heavy (non-hydrogen) atoms. The average Bonchev–Trinajstić information content (AvgIpc) is 2.92. The van der Waals surface area contributed by atoms with Crippen LogP contribution in [0.5, 0.6) is 0 Å². The molecule has 0 fully saturated rings. The van der Waals surface area contributed by atoms with E-state index in [0.29, 0.717) is 19.3 Å². The number of nitrogens with one attached hydrogen (secondary N) is 3. The second-order valence-corrected chi connectivity index (χ2v) is 10.3. The second-order valence-electron chi connectivity index (χ2n) is 10.3. The third-order valence-corrected chi connectivity index (χ3v) is 7.56. The van der Waals surface area contributed by atoms with Gasteiger partial charge in [0.1, 0.15) is 12.6 Å². The van der Waals surface area contributed by atoms with Crippen LogP contribution in [-0.4, -0.2) is 23.0 Å². The minimum absolute atomic E-state index is 0.0611. The summed E-state index contributed by atoms with van der Waals surface area (Å²) in [7, 11) is 0. The molecule has 200 valence electrons. The number of aromatic nitrogens is 1. The zero-order chi connectivity index (χ0) is 27.4. The molecule has 0 aliphatic heterocycles. The number of benzene rings is 2. The molecule has 0 spiro atoms. The Bertz CT molecular complexity index is 1480. The summed E-state index contributed by atoms with van der Waals surface area (Å²) in [5.41, 5.74) is 4.76. The van der Waals surface area contributed by atoms with Crippen molar-refractivity contribution in [3.63, 3.8) is 0 Å². The van der Waals surface area contributed by atoms with Crippen molar-refractivity contribution in [1.29, 1.82) is 0 Å². The molecule has 2 bridgehead atoms. The summed E-state index contributed by atoms with van der Waals surface area (Å²) in [6.07, 6.45) is 5.15. The van der Waals surface area contributed by atoms with Crippen LogP contribution >= 0.6 is 0 Å². The Balaban J connectivity index is 1.44. The van der Waals surface area contributed by atoms with E-state index in [9.17, 15) is 14.4 Å². The van der Waals surface area contributed by atoms with E-state index < -0.39 is 17.7 Å². The first-order valence-corrected chi connectivity index (χ1v) is 13.3. The molecular formula is C32H33N3O4. The summed E-state index contributed by atoms with van der Waals surface area (Å²) >= 11 is 0. The van der Waals surface area contributed by atoms with Gasteiger partial charge < -0.3 is 20.4 Å². The Morgan fingerprint density at radius 1 is 1.05 bits per heavy atom. The number of alkyl carbamates (subject to hydrolysis) is 1. The molecule has 3 aromatic rings. The molecule has 0 saturated heterocycles. The van der Waals surface area contributed by atoms with E-state index in [1.807, 2.05) is 73.7 Å². The van der Waals surface area contributed by atoms with Crippen molar-refractivity contribution >= 4 is 12.0 Å². The summed E-state index contributed by atoms with van der Waals surface area (Å²) < 4.78 is 5.45. The number of H-pyrrole nitrogens is 1. The monoisotopic (exact) mass is 523 g/mol. The Labute approximate surface area is 228 Å². The molecule has 2 amide bonds. The minimum atomic E-state index is -0.874. The number of fused-ring (bicyclic) bond motifs is 4. The van der Waals surface area contributed by atoms with Crippen LogP contribution in [0.3, 0.4) is 0 Å². The molecule has 7 heteroatoms. The third-order valence-electron chi connectivity index (χ3n) is 7.56. The van der Waals surface area contributed by atoms with Crippen LogP contribution in [0.4, 0.5) is 4.79 Å². The Kier molecular flexibility index (Phi) is 7.50. The van der Waals surface area contributed by atoms with Gasteiger partial charge in [-0.25, -0.2) is 4.79 Å². The average molecular weight is 524 g/mol. The first-order chi connectivity index (χ1) is 18.9. The highest BCUT2D eigenvalue weighted by Crippen LogP contribution is 2.49. The predicted octanol–water partition coefficient (Wildman–Crippen LogP) is 4.69. The van der Waals surface area contributed by atoms with E-state index in [1.54, 1.807) is 0 Å². The third kappa shape index (κ3) is 5.58. The summed E-state index contributed by atoms with van der Waals surface area (Å²) in [5.74, 6) is -0.256. The fourth-order valence-electron chi connectivity index (χ4n) is 5.95. The molecule has 3 N–H and O–H groups in total. The van der Waals surface area contributed by atoms with Crippen molar-refractivity contribution in [2.45, 2.75) is 51.3 Å². The number of rotatable bonds is 7. The quantitative estimate of drug-likeness (QED) is 0.391. The topological polar surface area (TPSA) is 100 Å². The van der Waals surface area contributed by atoms with Gasteiger partial charge in [-0.1, -0.05) is 78.4 Å². The van der Waals surface area contributed by atoms with Crippen LogP contribution in [0.1, 0.15) is 42.7 Å². The summed E-state index contributed by atoms with van der Waals surface area (Å²) in [5, 5.41) is 6.14. The maximum atomic E-state index is 14.1. The number of carbonyl (C=O) groups excluding carboxylic acids is 2. The van der Waals surface area contributed by atoms with Crippen LogP contribution in [0, 0.1) is 5.92 Å². The van der Waals surface area contributed by atoms with E-state index in [1.165, 1.54) is 6.07 Å².